The molecule has 6 heteroatoms. The minimum absolute atomic E-state index is 0.202. The number of hydrogen-bond donors (Lipinski definition) is 1. The Morgan fingerprint density at radius 2 is 1.62 bits per heavy atom. The molecule has 5 nitrogen and oxygen atoms in total. The molecular formula is C18H18N2O3S. The molecule has 0 unspecified atom stereocenters. The van der Waals surface area contributed by atoms with Crippen molar-refractivity contribution in [2.75, 3.05) is 4.72 Å². The van der Waals surface area contributed by atoms with Gasteiger partial charge in [0.2, 0.25) is 0 Å². The topological polar surface area (TPSA) is 72.2 Å². The predicted molar refractivity (Wildman–Crippen MR) is 93.2 cm³/mol. The van der Waals surface area contributed by atoms with E-state index in [1.54, 1.807) is 30.3 Å². The maximum atomic E-state index is 12.7. The molecule has 124 valence electrons. The maximum Gasteiger partial charge on any atom is 0.262 e. The third-order valence-electron chi connectivity index (χ3n) is 3.58. The number of aryl methyl sites for hydroxylation is 1. The lowest BCUT2D eigenvalue weighted by Crippen LogP contribution is -2.14. The molecule has 0 aliphatic heterocycles. The average molecular weight is 342 g/mol. The summed E-state index contributed by atoms with van der Waals surface area (Å²) in [5, 5.41) is 4.06. The quantitative estimate of drug-likeness (QED) is 0.732. The van der Waals surface area contributed by atoms with Crippen molar-refractivity contribution in [3.63, 3.8) is 0 Å². The Bertz CT molecular complexity index is 904. The second-order valence-corrected chi connectivity index (χ2v) is 7.05. The summed E-state index contributed by atoms with van der Waals surface area (Å²) in [6, 6.07) is 17.6. The summed E-state index contributed by atoms with van der Waals surface area (Å²) in [6.07, 6.45) is 1.46. The van der Waals surface area contributed by atoms with Crippen LogP contribution in [-0.4, -0.2) is 13.6 Å². The number of sulfonamides is 1. The molecular weight excluding hydrogens is 324 g/mol. The highest BCUT2D eigenvalue weighted by molar-refractivity contribution is 7.92. The van der Waals surface area contributed by atoms with Gasteiger partial charge >= 0.3 is 0 Å². The molecule has 0 saturated heterocycles. The van der Waals surface area contributed by atoms with Gasteiger partial charge in [-0.1, -0.05) is 67.0 Å². The third kappa shape index (κ3) is 3.33. The minimum Gasteiger partial charge on any atom is -0.354 e. The van der Waals surface area contributed by atoms with Gasteiger partial charge in [0.05, 0.1) is 4.90 Å². The van der Waals surface area contributed by atoms with Gasteiger partial charge in [-0.25, -0.2) is 8.42 Å². The zero-order valence-corrected chi connectivity index (χ0v) is 14.1. The van der Waals surface area contributed by atoms with E-state index >= 15 is 0 Å². The van der Waals surface area contributed by atoms with Gasteiger partial charge in [-0.3, -0.25) is 4.72 Å². The van der Waals surface area contributed by atoms with E-state index < -0.39 is 10.0 Å². The molecule has 1 aromatic heterocycles. The number of aromatic nitrogens is 1. The van der Waals surface area contributed by atoms with Crippen molar-refractivity contribution >= 4 is 15.7 Å². The standard InChI is InChI=1S/C18H18N2O3S/c1-2-9-16-17(18(23-19-16)14-10-5-3-6-11-14)20-24(21,22)15-12-7-4-8-13-15/h3-8,10-13,20H,2,9H2,1H3. The first-order chi connectivity index (χ1) is 11.6. The van der Waals surface area contributed by atoms with Gasteiger partial charge in [-0.15, -0.1) is 0 Å². The second-order valence-electron chi connectivity index (χ2n) is 5.37. The zero-order valence-electron chi connectivity index (χ0n) is 13.3. The van der Waals surface area contributed by atoms with Gasteiger partial charge in [0.15, 0.2) is 5.76 Å². The molecule has 0 aliphatic rings. The van der Waals surface area contributed by atoms with Crippen molar-refractivity contribution in [2.24, 2.45) is 0 Å². The lowest BCUT2D eigenvalue weighted by Gasteiger charge is -2.09. The molecule has 0 fully saturated rings. The Hall–Kier alpha value is -2.60. The minimum atomic E-state index is -3.70. The Labute approximate surface area is 141 Å². The maximum absolute atomic E-state index is 12.7. The first-order valence-corrected chi connectivity index (χ1v) is 9.22. The fraction of sp³-hybridized carbons (Fsp3) is 0.167. The van der Waals surface area contributed by atoms with Gasteiger partial charge in [0.25, 0.3) is 10.0 Å². The van der Waals surface area contributed by atoms with E-state index in [1.807, 2.05) is 37.3 Å². The van der Waals surface area contributed by atoms with Crippen LogP contribution in [0, 0.1) is 0 Å². The molecule has 0 aliphatic carbocycles. The van der Waals surface area contributed by atoms with Crippen LogP contribution in [0.25, 0.3) is 11.3 Å². The van der Waals surface area contributed by atoms with Gasteiger partial charge in [0.1, 0.15) is 11.4 Å². The number of nitrogens with one attached hydrogen (secondary N) is 1. The molecule has 1 heterocycles. The van der Waals surface area contributed by atoms with E-state index in [-0.39, 0.29) is 4.90 Å². The molecule has 3 rings (SSSR count). The highest BCUT2D eigenvalue weighted by Crippen LogP contribution is 2.33. The summed E-state index contributed by atoms with van der Waals surface area (Å²) in [6.45, 7) is 2.01. The Balaban J connectivity index is 2.05. The highest BCUT2D eigenvalue weighted by atomic mass is 32.2. The van der Waals surface area contributed by atoms with Crippen molar-refractivity contribution in [2.45, 2.75) is 24.7 Å². The lowest BCUT2D eigenvalue weighted by molar-refractivity contribution is 0.423. The zero-order chi connectivity index (χ0) is 17.0. The molecule has 1 N–H and O–H groups in total. The summed E-state index contributed by atoms with van der Waals surface area (Å²) < 4.78 is 33.4. The summed E-state index contributed by atoms with van der Waals surface area (Å²) in [7, 11) is -3.70. The summed E-state index contributed by atoms with van der Waals surface area (Å²) >= 11 is 0. The fourth-order valence-electron chi connectivity index (χ4n) is 2.42. The SMILES string of the molecule is CCCc1noc(-c2ccccc2)c1NS(=O)(=O)c1ccccc1. The average Bonchev–Trinajstić information content (AvgIpc) is 2.99. The van der Waals surface area contributed by atoms with E-state index in [4.69, 9.17) is 4.52 Å². The van der Waals surface area contributed by atoms with Gasteiger partial charge in [0, 0.05) is 5.56 Å². The molecule has 3 aromatic rings. The van der Waals surface area contributed by atoms with Crippen LogP contribution in [0.4, 0.5) is 5.69 Å². The van der Waals surface area contributed by atoms with Gasteiger partial charge in [-0.05, 0) is 18.6 Å². The van der Waals surface area contributed by atoms with Crippen LogP contribution in [0.5, 0.6) is 0 Å². The van der Waals surface area contributed by atoms with Crippen molar-refractivity contribution in [1.82, 2.24) is 5.16 Å². The van der Waals surface area contributed by atoms with E-state index in [1.165, 1.54) is 0 Å². The summed E-state index contributed by atoms with van der Waals surface area (Å²) in [5.74, 6) is 0.429. The summed E-state index contributed by atoms with van der Waals surface area (Å²) in [5.41, 5.74) is 1.79. The Morgan fingerprint density at radius 3 is 2.25 bits per heavy atom. The number of anilines is 1. The molecule has 2 aromatic carbocycles. The first kappa shape index (κ1) is 16.3. The van der Waals surface area contributed by atoms with Gasteiger partial charge in [-0.2, -0.15) is 0 Å². The molecule has 0 saturated carbocycles. The van der Waals surface area contributed by atoms with E-state index in [9.17, 15) is 8.42 Å². The lowest BCUT2D eigenvalue weighted by atomic mass is 10.1. The number of rotatable bonds is 6. The van der Waals surface area contributed by atoms with Crippen LogP contribution in [0.15, 0.2) is 70.1 Å². The van der Waals surface area contributed by atoms with Crippen molar-refractivity contribution in [1.29, 1.82) is 0 Å². The normalized spacial score (nSPS) is 11.4. The fourth-order valence-corrected chi connectivity index (χ4v) is 3.53. The van der Waals surface area contributed by atoms with Crippen LogP contribution in [-0.2, 0) is 16.4 Å². The van der Waals surface area contributed by atoms with Crippen LogP contribution in [0.3, 0.4) is 0 Å². The van der Waals surface area contributed by atoms with Crippen LogP contribution < -0.4 is 4.72 Å². The van der Waals surface area contributed by atoms with Crippen molar-refractivity contribution in [3.05, 3.63) is 66.4 Å². The first-order valence-electron chi connectivity index (χ1n) is 7.73. The molecule has 0 spiro atoms. The molecule has 0 amide bonds. The monoisotopic (exact) mass is 342 g/mol. The smallest absolute Gasteiger partial charge is 0.262 e. The molecule has 0 radical (unpaired) electrons. The van der Waals surface area contributed by atoms with E-state index in [2.05, 4.69) is 9.88 Å². The van der Waals surface area contributed by atoms with Crippen molar-refractivity contribution < 1.29 is 12.9 Å². The highest BCUT2D eigenvalue weighted by Gasteiger charge is 2.23. The van der Waals surface area contributed by atoms with Crippen LogP contribution in [0.1, 0.15) is 19.0 Å². The van der Waals surface area contributed by atoms with Crippen molar-refractivity contribution in [3.8, 4) is 11.3 Å². The number of hydrogen-bond acceptors (Lipinski definition) is 4. The largest absolute Gasteiger partial charge is 0.354 e. The molecule has 0 bridgehead atoms. The van der Waals surface area contributed by atoms with E-state index in [0.29, 0.717) is 23.6 Å². The number of benzene rings is 2. The van der Waals surface area contributed by atoms with Crippen LogP contribution in [0.2, 0.25) is 0 Å². The Morgan fingerprint density at radius 1 is 1.00 bits per heavy atom. The third-order valence-corrected chi connectivity index (χ3v) is 4.94. The summed E-state index contributed by atoms with van der Waals surface area (Å²) in [4.78, 5) is 0.202. The molecule has 0 atom stereocenters. The molecule has 24 heavy (non-hydrogen) atoms. The predicted octanol–water partition coefficient (Wildman–Crippen LogP) is 4.09. The van der Waals surface area contributed by atoms with E-state index in [0.717, 1.165) is 12.0 Å². The van der Waals surface area contributed by atoms with Gasteiger partial charge < -0.3 is 4.52 Å². The second kappa shape index (κ2) is 6.88. The number of nitrogens with zero attached hydrogens (tertiary/aromatic N) is 1. The van der Waals surface area contributed by atoms with Crippen LogP contribution >= 0.6 is 0 Å². The Kier molecular flexibility index (Phi) is 4.66.